The van der Waals surface area contributed by atoms with E-state index in [1.807, 2.05) is 39.0 Å². The third kappa shape index (κ3) is 9.82. The number of fused-ring (bicyclic) bond motifs is 1. The molecule has 0 aromatic heterocycles. The van der Waals surface area contributed by atoms with E-state index >= 15 is 0 Å². The molecule has 5 rings (SSSR count). The summed E-state index contributed by atoms with van der Waals surface area (Å²) in [6.45, 7) is 20.7. The second kappa shape index (κ2) is 20.5. The van der Waals surface area contributed by atoms with Gasteiger partial charge in [0, 0.05) is 5.41 Å². The minimum absolute atomic E-state index is 0.179. The molecule has 4 aromatic rings. The quantitative estimate of drug-likeness (QED) is 0.111. The van der Waals surface area contributed by atoms with Gasteiger partial charge in [0.05, 0.1) is 0 Å². The van der Waals surface area contributed by atoms with Gasteiger partial charge in [-0.25, -0.2) is 0 Å². The maximum atomic E-state index is 3.98. The molecule has 0 nitrogen and oxygen atoms in total. The van der Waals surface area contributed by atoms with Crippen molar-refractivity contribution in [3.63, 3.8) is 0 Å². The molecule has 0 spiro atoms. The molecule has 258 valence electrons. The third-order valence-electron chi connectivity index (χ3n) is 9.18. The molecule has 0 amide bonds. The predicted molar refractivity (Wildman–Crippen MR) is 224 cm³/mol. The predicted octanol–water partition coefficient (Wildman–Crippen LogP) is 14.3. The van der Waals surface area contributed by atoms with Crippen LogP contribution in [0.3, 0.4) is 0 Å². The van der Waals surface area contributed by atoms with Crippen LogP contribution in [0.4, 0.5) is 0 Å². The van der Waals surface area contributed by atoms with Crippen LogP contribution < -0.4 is 0 Å². The SMILES string of the molecule is C=C/C=C\C1=C(Cc2ccc(C)cc2)c2ccc(C)cc2C1(CC/C=C\C)c1ccccc1.CC.C\C=C/C=C\C(=C\C)c1ccccc1C. The van der Waals surface area contributed by atoms with Gasteiger partial charge in [0.15, 0.2) is 0 Å². The Hall–Kier alpha value is -4.94. The van der Waals surface area contributed by atoms with Crippen LogP contribution >= 0.6 is 0 Å². The van der Waals surface area contributed by atoms with E-state index in [1.54, 1.807) is 0 Å². The van der Waals surface area contributed by atoms with E-state index in [-0.39, 0.29) is 5.41 Å². The van der Waals surface area contributed by atoms with Crippen molar-refractivity contribution in [2.45, 2.75) is 80.1 Å². The maximum absolute atomic E-state index is 3.98. The first-order chi connectivity index (χ1) is 24.4. The summed E-state index contributed by atoms with van der Waals surface area (Å²) in [5, 5.41) is 0. The minimum atomic E-state index is -0.179. The Bertz CT molecular complexity index is 1830. The van der Waals surface area contributed by atoms with Crippen molar-refractivity contribution < 1.29 is 0 Å². The number of allylic oxidation sites excluding steroid dienone is 13. The average molecular weight is 659 g/mol. The molecule has 1 aliphatic rings. The van der Waals surface area contributed by atoms with Crippen molar-refractivity contribution in [3.05, 3.63) is 214 Å². The summed E-state index contributed by atoms with van der Waals surface area (Å²) in [5.41, 5.74) is 14.7. The van der Waals surface area contributed by atoms with Gasteiger partial charge in [0.25, 0.3) is 0 Å². The van der Waals surface area contributed by atoms with E-state index in [0.29, 0.717) is 0 Å². The zero-order valence-electron chi connectivity index (χ0n) is 31.8. The Balaban J connectivity index is 0.000000334. The fourth-order valence-electron chi connectivity index (χ4n) is 6.75. The van der Waals surface area contributed by atoms with E-state index in [9.17, 15) is 0 Å². The highest BCUT2D eigenvalue weighted by molar-refractivity contribution is 5.86. The summed E-state index contributed by atoms with van der Waals surface area (Å²) in [7, 11) is 0. The Morgan fingerprint density at radius 1 is 0.720 bits per heavy atom. The Morgan fingerprint density at radius 3 is 2.04 bits per heavy atom. The van der Waals surface area contributed by atoms with Gasteiger partial charge >= 0.3 is 0 Å². The summed E-state index contributed by atoms with van der Waals surface area (Å²) in [6.07, 6.45) is 24.2. The molecule has 1 atom stereocenters. The fourth-order valence-corrected chi connectivity index (χ4v) is 6.75. The molecule has 1 aliphatic carbocycles. The van der Waals surface area contributed by atoms with Crippen molar-refractivity contribution in [3.8, 4) is 0 Å². The van der Waals surface area contributed by atoms with Crippen LogP contribution in [0.5, 0.6) is 0 Å². The van der Waals surface area contributed by atoms with Crippen LogP contribution in [0.25, 0.3) is 11.1 Å². The molecular formula is C50H58. The molecule has 0 radical (unpaired) electrons. The molecule has 4 aromatic carbocycles. The molecule has 0 saturated carbocycles. The fraction of sp³-hybridized carbons (Fsp3) is 0.240. The lowest BCUT2D eigenvalue weighted by Crippen LogP contribution is -2.28. The Kier molecular flexibility index (Phi) is 16.2. The lowest BCUT2D eigenvalue weighted by Gasteiger charge is -2.34. The number of hydrogen-bond donors (Lipinski definition) is 0. The van der Waals surface area contributed by atoms with Crippen molar-refractivity contribution in [2.75, 3.05) is 0 Å². The van der Waals surface area contributed by atoms with Gasteiger partial charge in [-0.05, 0) is 111 Å². The molecule has 0 fully saturated rings. The maximum Gasteiger partial charge on any atom is 0.0463 e. The smallest absolute Gasteiger partial charge is 0.0463 e. The first-order valence-electron chi connectivity index (χ1n) is 18.3. The first kappa shape index (κ1) is 39.5. The lowest BCUT2D eigenvalue weighted by molar-refractivity contribution is 0.574. The van der Waals surface area contributed by atoms with E-state index in [2.05, 4.69) is 181 Å². The molecule has 0 heteroatoms. The molecule has 0 N–H and O–H groups in total. The third-order valence-corrected chi connectivity index (χ3v) is 9.18. The van der Waals surface area contributed by atoms with Gasteiger partial charge in [-0.15, -0.1) is 0 Å². The van der Waals surface area contributed by atoms with Crippen LogP contribution in [-0.4, -0.2) is 0 Å². The summed E-state index contributed by atoms with van der Waals surface area (Å²) < 4.78 is 0. The highest BCUT2D eigenvalue weighted by Crippen LogP contribution is 2.54. The summed E-state index contributed by atoms with van der Waals surface area (Å²) in [4.78, 5) is 0. The first-order valence-corrected chi connectivity index (χ1v) is 18.3. The van der Waals surface area contributed by atoms with Crippen LogP contribution in [-0.2, 0) is 11.8 Å². The summed E-state index contributed by atoms with van der Waals surface area (Å²) in [5.74, 6) is 0. The highest BCUT2D eigenvalue weighted by Gasteiger charge is 2.44. The zero-order valence-corrected chi connectivity index (χ0v) is 31.8. The normalized spacial score (nSPS) is 15.7. The molecule has 0 saturated heterocycles. The Labute approximate surface area is 304 Å². The number of benzene rings is 4. The standard InChI is InChI=1S/C33H34.C15H18.C2H6/c1-5-7-12-22-33(28-13-10-9-11-14-28)31(15-8-6-2)30(24-27-19-16-25(3)17-20-27)29-21-18-26(4)23-32(29)33;1-4-6-7-11-14(5-2)15-12-9-8-10-13(15)3;1-2/h5-11,13-21,23H,2,12,22,24H2,1,3-4H3;4-12H,1-3H3;1-2H3/b7-5-,15-8-;6-4-,11-7-,14-5-;. The van der Waals surface area contributed by atoms with Crippen molar-refractivity contribution in [2.24, 2.45) is 0 Å². The van der Waals surface area contributed by atoms with Gasteiger partial charge < -0.3 is 0 Å². The van der Waals surface area contributed by atoms with Crippen LogP contribution in [0, 0.1) is 20.8 Å². The minimum Gasteiger partial charge on any atom is -0.0991 e. The monoisotopic (exact) mass is 658 g/mol. The van der Waals surface area contributed by atoms with Crippen LogP contribution in [0.1, 0.15) is 92.0 Å². The topological polar surface area (TPSA) is 0 Å². The molecule has 1 unspecified atom stereocenters. The van der Waals surface area contributed by atoms with Gasteiger partial charge in [-0.3, -0.25) is 0 Å². The van der Waals surface area contributed by atoms with E-state index in [0.717, 1.165) is 19.3 Å². The van der Waals surface area contributed by atoms with Crippen LogP contribution in [0.15, 0.2) is 170 Å². The number of hydrogen-bond acceptors (Lipinski definition) is 0. The van der Waals surface area contributed by atoms with Gasteiger partial charge in [-0.1, -0.05) is 189 Å². The van der Waals surface area contributed by atoms with Gasteiger partial charge in [0.1, 0.15) is 0 Å². The van der Waals surface area contributed by atoms with Gasteiger partial charge in [0.2, 0.25) is 0 Å². The summed E-state index contributed by atoms with van der Waals surface area (Å²) >= 11 is 0. The average Bonchev–Trinajstić information content (AvgIpc) is 3.40. The van der Waals surface area contributed by atoms with E-state index in [1.165, 1.54) is 61.2 Å². The number of aryl methyl sites for hydroxylation is 3. The van der Waals surface area contributed by atoms with Crippen molar-refractivity contribution in [1.82, 2.24) is 0 Å². The van der Waals surface area contributed by atoms with Gasteiger partial charge in [-0.2, -0.15) is 0 Å². The Morgan fingerprint density at radius 2 is 1.40 bits per heavy atom. The van der Waals surface area contributed by atoms with Crippen molar-refractivity contribution in [1.29, 1.82) is 0 Å². The van der Waals surface area contributed by atoms with E-state index in [4.69, 9.17) is 0 Å². The molecule has 0 heterocycles. The molecular weight excluding hydrogens is 601 g/mol. The largest absolute Gasteiger partial charge is 0.0991 e. The number of rotatable bonds is 11. The van der Waals surface area contributed by atoms with Crippen molar-refractivity contribution >= 4 is 11.1 Å². The molecule has 50 heavy (non-hydrogen) atoms. The molecule has 0 bridgehead atoms. The highest BCUT2D eigenvalue weighted by atomic mass is 14.5. The second-order valence-electron chi connectivity index (χ2n) is 12.5. The van der Waals surface area contributed by atoms with Crippen LogP contribution in [0.2, 0.25) is 0 Å². The second-order valence-corrected chi connectivity index (χ2v) is 12.5. The zero-order chi connectivity index (χ0) is 36.4. The molecule has 0 aliphatic heterocycles. The summed E-state index contributed by atoms with van der Waals surface area (Å²) in [6, 6.07) is 35.5. The van der Waals surface area contributed by atoms with E-state index < -0.39 is 0 Å². The lowest BCUT2D eigenvalue weighted by atomic mass is 9.68.